The van der Waals surface area contributed by atoms with Crippen molar-refractivity contribution in [2.45, 2.75) is 4.90 Å². The second-order valence-corrected chi connectivity index (χ2v) is 9.82. The smallest absolute Gasteiger partial charge is 0.338 e. The van der Waals surface area contributed by atoms with Crippen molar-refractivity contribution in [2.24, 2.45) is 0 Å². The number of sulfonamides is 1. The minimum absolute atomic E-state index is 0.0171. The molecule has 0 bridgehead atoms. The van der Waals surface area contributed by atoms with Gasteiger partial charge in [-0.15, -0.1) is 0 Å². The van der Waals surface area contributed by atoms with Gasteiger partial charge in [0.1, 0.15) is 6.61 Å². The monoisotopic (exact) mass is 494 g/mol. The summed E-state index contributed by atoms with van der Waals surface area (Å²) in [5.41, 5.74) is 2.67. The first-order valence-electron chi connectivity index (χ1n) is 11.2. The molecule has 0 aliphatic carbocycles. The number of benzene rings is 3. The Hall–Kier alpha value is -3.53. The highest BCUT2D eigenvalue weighted by Crippen LogP contribution is 2.20. The van der Waals surface area contributed by atoms with Crippen molar-refractivity contribution < 1.29 is 27.5 Å². The zero-order valence-corrected chi connectivity index (χ0v) is 19.9. The number of ether oxygens (including phenoxy) is 2. The van der Waals surface area contributed by atoms with Gasteiger partial charge >= 0.3 is 5.97 Å². The van der Waals surface area contributed by atoms with Crippen molar-refractivity contribution in [3.63, 3.8) is 0 Å². The van der Waals surface area contributed by atoms with Crippen LogP contribution in [0.4, 0.5) is 0 Å². The third-order valence-corrected chi connectivity index (χ3v) is 7.45. The molecular formula is C26H26N2O6S. The lowest BCUT2D eigenvalue weighted by atomic mass is 10.0. The lowest BCUT2D eigenvalue weighted by molar-refractivity contribution is 0.0503. The molecular weight excluding hydrogens is 468 g/mol. The average molecular weight is 495 g/mol. The van der Waals surface area contributed by atoms with Crippen LogP contribution in [0.25, 0.3) is 11.1 Å². The van der Waals surface area contributed by atoms with Gasteiger partial charge in [-0.1, -0.05) is 48.5 Å². The van der Waals surface area contributed by atoms with Crippen LogP contribution in [-0.2, 0) is 19.5 Å². The topological polar surface area (TPSA) is 102 Å². The van der Waals surface area contributed by atoms with Crippen molar-refractivity contribution >= 4 is 21.9 Å². The third-order valence-electron chi connectivity index (χ3n) is 5.55. The Morgan fingerprint density at radius 1 is 0.857 bits per heavy atom. The van der Waals surface area contributed by atoms with Crippen LogP contribution in [0.1, 0.15) is 20.7 Å². The molecule has 3 aromatic carbocycles. The molecule has 8 nitrogen and oxygen atoms in total. The molecule has 1 fully saturated rings. The summed E-state index contributed by atoms with van der Waals surface area (Å²) in [6.07, 6.45) is 0. The third kappa shape index (κ3) is 6.13. The summed E-state index contributed by atoms with van der Waals surface area (Å²) in [7, 11) is -3.70. The minimum atomic E-state index is -3.70. The first-order chi connectivity index (χ1) is 16.9. The van der Waals surface area contributed by atoms with Crippen molar-refractivity contribution in [2.75, 3.05) is 39.5 Å². The number of nitrogens with one attached hydrogen (secondary N) is 1. The van der Waals surface area contributed by atoms with E-state index in [2.05, 4.69) is 5.32 Å². The summed E-state index contributed by atoms with van der Waals surface area (Å²) in [4.78, 5) is 24.9. The highest BCUT2D eigenvalue weighted by molar-refractivity contribution is 7.89. The Balaban J connectivity index is 1.28. The molecule has 4 rings (SSSR count). The molecule has 1 amide bonds. The molecule has 0 spiro atoms. The van der Waals surface area contributed by atoms with Crippen LogP contribution in [0.15, 0.2) is 83.8 Å². The highest BCUT2D eigenvalue weighted by atomic mass is 32.2. The van der Waals surface area contributed by atoms with Crippen LogP contribution in [0, 0.1) is 0 Å². The van der Waals surface area contributed by atoms with E-state index in [4.69, 9.17) is 9.47 Å². The Bertz CT molecular complexity index is 1270. The predicted molar refractivity (Wildman–Crippen MR) is 131 cm³/mol. The van der Waals surface area contributed by atoms with E-state index >= 15 is 0 Å². The van der Waals surface area contributed by atoms with E-state index in [1.807, 2.05) is 42.5 Å². The summed E-state index contributed by atoms with van der Waals surface area (Å²) in [5, 5.41) is 2.65. The molecule has 0 unspecified atom stereocenters. The zero-order valence-electron chi connectivity index (χ0n) is 19.1. The number of hydrogen-bond acceptors (Lipinski definition) is 6. The molecule has 0 saturated carbocycles. The molecule has 1 saturated heterocycles. The van der Waals surface area contributed by atoms with Crippen molar-refractivity contribution in [3.8, 4) is 11.1 Å². The fourth-order valence-electron chi connectivity index (χ4n) is 3.66. The molecule has 0 radical (unpaired) electrons. The fourth-order valence-corrected chi connectivity index (χ4v) is 5.11. The van der Waals surface area contributed by atoms with Gasteiger partial charge in [0.15, 0.2) is 0 Å². The molecule has 3 aromatic rings. The van der Waals surface area contributed by atoms with Gasteiger partial charge in [-0.25, -0.2) is 13.2 Å². The number of morpholine rings is 1. The van der Waals surface area contributed by atoms with Gasteiger partial charge < -0.3 is 14.8 Å². The normalized spacial score (nSPS) is 14.3. The van der Waals surface area contributed by atoms with Gasteiger partial charge in [0, 0.05) is 18.7 Å². The maximum Gasteiger partial charge on any atom is 0.338 e. The minimum Gasteiger partial charge on any atom is -0.460 e. The highest BCUT2D eigenvalue weighted by Gasteiger charge is 2.26. The quantitative estimate of drug-likeness (QED) is 0.382. The van der Waals surface area contributed by atoms with Gasteiger partial charge in [0.25, 0.3) is 5.91 Å². The van der Waals surface area contributed by atoms with Crippen LogP contribution >= 0.6 is 0 Å². The van der Waals surface area contributed by atoms with Crippen LogP contribution in [0.2, 0.25) is 0 Å². The molecule has 1 N–H and O–H groups in total. The number of nitrogens with zero attached hydrogens (tertiary/aromatic N) is 1. The maximum atomic E-state index is 12.8. The van der Waals surface area contributed by atoms with E-state index in [-0.39, 0.29) is 36.7 Å². The van der Waals surface area contributed by atoms with Gasteiger partial charge in [-0.05, 0) is 41.5 Å². The Morgan fingerprint density at radius 3 is 2.26 bits per heavy atom. The van der Waals surface area contributed by atoms with E-state index in [1.54, 1.807) is 12.1 Å². The van der Waals surface area contributed by atoms with E-state index in [9.17, 15) is 18.0 Å². The summed E-state index contributed by atoms with van der Waals surface area (Å²) in [5.74, 6) is -0.940. The van der Waals surface area contributed by atoms with Crippen molar-refractivity contribution in [1.29, 1.82) is 0 Å². The second-order valence-electron chi connectivity index (χ2n) is 7.88. The Morgan fingerprint density at radius 2 is 1.54 bits per heavy atom. The number of carbonyl (C=O) groups excluding carboxylic acids is 2. The Kier molecular flexibility index (Phi) is 7.91. The molecule has 35 heavy (non-hydrogen) atoms. The SMILES string of the molecule is O=C(NCCOC(=O)c1ccc(-c2ccccc2)cc1)c1cccc(S(=O)(=O)N2CCOCC2)c1. The molecule has 182 valence electrons. The zero-order chi connectivity index (χ0) is 24.7. The van der Waals surface area contributed by atoms with Crippen LogP contribution < -0.4 is 5.32 Å². The molecule has 0 atom stereocenters. The summed E-state index contributed by atoms with van der Waals surface area (Å²) in [6.45, 7) is 1.31. The van der Waals surface area contributed by atoms with Gasteiger partial charge in [0.2, 0.25) is 10.0 Å². The largest absolute Gasteiger partial charge is 0.460 e. The molecule has 9 heteroatoms. The lowest BCUT2D eigenvalue weighted by Crippen LogP contribution is -2.40. The Labute approximate surface area is 204 Å². The number of amides is 1. The summed E-state index contributed by atoms with van der Waals surface area (Å²) >= 11 is 0. The summed E-state index contributed by atoms with van der Waals surface area (Å²) < 4.78 is 37.4. The first kappa shape index (κ1) is 24.6. The molecule has 1 aliphatic heterocycles. The van der Waals surface area contributed by atoms with Crippen molar-refractivity contribution in [1.82, 2.24) is 9.62 Å². The van der Waals surface area contributed by atoms with Crippen LogP contribution in [0.3, 0.4) is 0 Å². The number of hydrogen-bond donors (Lipinski definition) is 1. The number of rotatable bonds is 8. The summed E-state index contributed by atoms with van der Waals surface area (Å²) in [6, 6.07) is 22.8. The predicted octanol–water partition coefficient (Wildman–Crippen LogP) is 2.96. The molecule has 1 heterocycles. The molecule has 1 aliphatic rings. The van der Waals surface area contributed by atoms with E-state index < -0.39 is 21.9 Å². The van der Waals surface area contributed by atoms with E-state index in [0.717, 1.165) is 11.1 Å². The van der Waals surface area contributed by atoms with Crippen LogP contribution in [0.5, 0.6) is 0 Å². The average Bonchev–Trinajstić information content (AvgIpc) is 2.92. The van der Waals surface area contributed by atoms with Crippen molar-refractivity contribution in [3.05, 3.63) is 90.0 Å². The van der Waals surface area contributed by atoms with E-state index in [1.165, 1.54) is 28.6 Å². The van der Waals surface area contributed by atoms with Gasteiger partial charge in [-0.3, -0.25) is 4.79 Å². The van der Waals surface area contributed by atoms with Gasteiger partial charge in [-0.2, -0.15) is 4.31 Å². The van der Waals surface area contributed by atoms with Gasteiger partial charge in [0.05, 0.1) is 30.2 Å². The number of carbonyl (C=O) groups is 2. The number of esters is 1. The molecule has 0 aromatic heterocycles. The standard InChI is InChI=1S/C26H26N2O6S/c29-25(23-7-4-8-24(19-23)35(31,32)28-14-17-33-18-15-28)27-13-16-34-26(30)22-11-9-21(10-12-22)20-5-2-1-3-6-20/h1-12,19H,13-18H2,(H,27,29). The lowest BCUT2D eigenvalue weighted by Gasteiger charge is -2.26. The van der Waals surface area contributed by atoms with Crippen LogP contribution in [-0.4, -0.2) is 64.1 Å². The first-order valence-corrected chi connectivity index (χ1v) is 12.7. The maximum absolute atomic E-state index is 12.8. The van der Waals surface area contributed by atoms with E-state index in [0.29, 0.717) is 18.8 Å². The fraction of sp³-hybridized carbons (Fsp3) is 0.231. The second kappa shape index (κ2) is 11.3.